The van der Waals surface area contributed by atoms with Crippen LogP contribution >= 0.6 is 0 Å². The molecule has 2 atom stereocenters. The largest absolute Gasteiger partial charge is 0.466 e. The molecule has 0 aliphatic heterocycles. The van der Waals surface area contributed by atoms with E-state index in [1.54, 1.807) is 0 Å². The van der Waals surface area contributed by atoms with Crippen LogP contribution in [0.15, 0.2) is 12.2 Å². The summed E-state index contributed by atoms with van der Waals surface area (Å²) in [5.74, 6) is -0.0851. The Bertz CT molecular complexity index is 772. The lowest BCUT2D eigenvalue weighted by molar-refractivity contribution is -0.143. The van der Waals surface area contributed by atoms with Crippen LogP contribution in [0.25, 0.3) is 0 Å². The normalized spacial score (nSPS) is 12.8. The molecule has 1 amide bonds. The molecule has 0 saturated carbocycles. The summed E-state index contributed by atoms with van der Waals surface area (Å²) in [5, 5.41) is 23.1. The number of aliphatic hydroxyl groups is 2. The van der Waals surface area contributed by atoms with Gasteiger partial charge in [0, 0.05) is 12.8 Å². The molecule has 0 spiro atoms. The molecule has 52 heavy (non-hydrogen) atoms. The van der Waals surface area contributed by atoms with Crippen LogP contribution in [0.1, 0.15) is 245 Å². The van der Waals surface area contributed by atoms with E-state index in [4.69, 9.17) is 4.74 Å². The Hall–Kier alpha value is -1.40. The van der Waals surface area contributed by atoms with Crippen molar-refractivity contribution in [2.45, 2.75) is 257 Å². The fraction of sp³-hybridized carbons (Fsp3) is 0.913. The van der Waals surface area contributed by atoms with E-state index in [9.17, 15) is 19.8 Å². The lowest BCUT2D eigenvalue weighted by Gasteiger charge is -2.22. The molecule has 0 heterocycles. The van der Waals surface area contributed by atoms with Crippen molar-refractivity contribution in [1.29, 1.82) is 0 Å². The molecule has 0 aromatic carbocycles. The maximum atomic E-state index is 12.4. The third kappa shape index (κ3) is 38.3. The Morgan fingerprint density at radius 1 is 0.519 bits per heavy atom. The van der Waals surface area contributed by atoms with Gasteiger partial charge in [0.25, 0.3) is 0 Å². The van der Waals surface area contributed by atoms with Crippen LogP contribution in [0.4, 0.5) is 0 Å². The molecule has 0 aromatic heterocycles. The Kier molecular flexibility index (Phi) is 41.2. The smallest absolute Gasteiger partial charge is 0.305 e. The maximum absolute atomic E-state index is 12.4. The number of nitrogens with one attached hydrogen (secondary N) is 1. The van der Waals surface area contributed by atoms with Gasteiger partial charge in [0.1, 0.15) is 0 Å². The second kappa shape index (κ2) is 42.3. The van der Waals surface area contributed by atoms with Gasteiger partial charge in [0.15, 0.2) is 0 Å². The molecule has 6 heteroatoms. The lowest BCUT2D eigenvalue weighted by Crippen LogP contribution is -2.45. The zero-order chi connectivity index (χ0) is 38.0. The molecule has 0 rings (SSSR count). The number of rotatable bonds is 42. The van der Waals surface area contributed by atoms with Crippen molar-refractivity contribution in [1.82, 2.24) is 5.32 Å². The van der Waals surface area contributed by atoms with Gasteiger partial charge in [0.05, 0.1) is 25.4 Å². The molecule has 0 radical (unpaired) electrons. The van der Waals surface area contributed by atoms with E-state index in [0.717, 1.165) is 77.0 Å². The minimum atomic E-state index is -0.677. The second-order valence-corrected chi connectivity index (χ2v) is 15.7. The Balaban J connectivity index is 3.52. The van der Waals surface area contributed by atoms with E-state index in [1.165, 1.54) is 135 Å². The monoisotopic (exact) mass is 736 g/mol. The van der Waals surface area contributed by atoms with Crippen molar-refractivity contribution in [3.8, 4) is 0 Å². The van der Waals surface area contributed by atoms with Gasteiger partial charge in [-0.2, -0.15) is 0 Å². The summed E-state index contributed by atoms with van der Waals surface area (Å²) < 4.78 is 5.42. The summed E-state index contributed by atoms with van der Waals surface area (Å²) in [5.41, 5.74) is 0. The molecule has 3 N–H and O–H groups in total. The number of allylic oxidation sites excluding steroid dienone is 2. The van der Waals surface area contributed by atoms with Gasteiger partial charge in [-0.1, -0.05) is 187 Å². The number of esters is 1. The molecule has 6 nitrogen and oxygen atoms in total. The predicted molar refractivity (Wildman–Crippen MR) is 223 cm³/mol. The Morgan fingerprint density at radius 2 is 0.904 bits per heavy atom. The summed E-state index contributed by atoms with van der Waals surface area (Å²) in [6.07, 6.45) is 45.9. The molecule has 0 aliphatic rings. The lowest BCUT2D eigenvalue weighted by atomic mass is 10.0. The molecule has 308 valence electrons. The summed E-state index contributed by atoms with van der Waals surface area (Å²) in [4.78, 5) is 24.3. The average Bonchev–Trinajstić information content (AvgIpc) is 3.14. The highest BCUT2D eigenvalue weighted by Crippen LogP contribution is 2.15. The van der Waals surface area contributed by atoms with Crippen LogP contribution in [0.2, 0.25) is 0 Å². The molecular weight excluding hydrogens is 647 g/mol. The molecule has 0 aromatic rings. The highest BCUT2D eigenvalue weighted by Gasteiger charge is 2.20. The van der Waals surface area contributed by atoms with Gasteiger partial charge >= 0.3 is 5.97 Å². The zero-order valence-corrected chi connectivity index (χ0v) is 34.8. The first-order chi connectivity index (χ1) is 25.5. The molecule has 0 bridgehead atoms. The van der Waals surface area contributed by atoms with Gasteiger partial charge in [-0.3, -0.25) is 9.59 Å². The van der Waals surface area contributed by atoms with E-state index in [0.29, 0.717) is 25.9 Å². The minimum Gasteiger partial charge on any atom is -0.466 e. The standard InChI is InChI=1S/C46H89NO5/c1-3-5-7-9-11-13-15-19-22-26-30-34-38-44(49)43(42-48)47-45(50)39-35-31-27-23-20-16-17-21-25-29-33-37-41-52-46(51)40-36-32-28-24-18-14-12-10-8-6-4-2/h17,21,43-44,48-49H,3-16,18-20,22-42H2,1-2H3,(H,47,50)/b21-17-. The zero-order valence-electron chi connectivity index (χ0n) is 34.8. The minimum absolute atomic E-state index is 0.0235. The van der Waals surface area contributed by atoms with Gasteiger partial charge in [-0.05, 0) is 57.8 Å². The van der Waals surface area contributed by atoms with Crippen LogP contribution in [0, 0.1) is 0 Å². The number of aliphatic hydroxyl groups excluding tert-OH is 2. The fourth-order valence-corrected chi connectivity index (χ4v) is 6.98. The van der Waals surface area contributed by atoms with Crippen molar-refractivity contribution < 1.29 is 24.5 Å². The summed E-state index contributed by atoms with van der Waals surface area (Å²) in [6, 6.07) is -0.557. The molecule has 0 saturated heterocycles. The number of ether oxygens (including phenoxy) is 1. The first-order valence-corrected chi connectivity index (χ1v) is 22.9. The number of amides is 1. The van der Waals surface area contributed by atoms with Crippen LogP contribution in [-0.2, 0) is 14.3 Å². The number of unbranched alkanes of at least 4 members (excludes halogenated alkanes) is 29. The van der Waals surface area contributed by atoms with E-state index in [-0.39, 0.29) is 18.5 Å². The third-order valence-electron chi connectivity index (χ3n) is 10.6. The Labute approximate surface area is 323 Å². The number of hydrogen-bond acceptors (Lipinski definition) is 5. The average molecular weight is 736 g/mol. The van der Waals surface area contributed by atoms with Gasteiger partial charge in [-0.25, -0.2) is 0 Å². The van der Waals surface area contributed by atoms with Gasteiger partial charge in [0.2, 0.25) is 5.91 Å². The highest BCUT2D eigenvalue weighted by atomic mass is 16.5. The van der Waals surface area contributed by atoms with E-state index in [2.05, 4.69) is 31.3 Å². The molecular formula is C46H89NO5. The number of hydrogen-bond donors (Lipinski definition) is 3. The third-order valence-corrected chi connectivity index (χ3v) is 10.6. The van der Waals surface area contributed by atoms with Crippen LogP contribution in [0.3, 0.4) is 0 Å². The molecule has 0 aliphatic carbocycles. The number of carbonyl (C=O) groups excluding carboxylic acids is 2. The van der Waals surface area contributed by atoms with Crippen molar-refractivity contribution >= 4 is 11.9 Å². The summed E-state index contributed by atoms with van der Waals surface area (Å²) >= 11 is 0. The number of carbonyl (C=O) groups is 2. The summed E-state index contributed by atoms with van der Waals surface area (Å²) in [6.45, 7) is 4.87. The first kappa shape index (κ1) is 50.6. The SMILES string of the molecule is CCCCCCCCCCCCCCC(O)C(CO)NC(=O)CCCCCCC/C=C\CCCCCOC(=O)CCCCCCCCCCCCC. The first-order valence-electron chi connectivity index (χ1n) is 22.9. The predicted octanol–water partition coefficient (Wildman–Crippen LogP) is 13.0. The van der Waals surface area contributed by atoms with Crippen molar-refractivity contribution in [2.75, 3.05) is 13.2 Å². The van der Waals surface area contributed by atoms with Gasteiger partial charge < -0.3 is 20.3 Å². The van der Waals surface area contributed by atoms with E-state index in [1.807, 2.05) is 0 Å². The second-order valence-electron chi connectivity index (χ2n) is 15.7. The van der Waals surface area contributed by atoms with Crippen LogP contribution < -0.4 is 5.32 Å². The fourth-order valence-electron chi connectivity index (χ4n) is 6.98. The Morgan fingerprint density at radius 3 is 1.37 bits per heavy atom. The van der Waals surface area contributed by atoms with Crippen molar-refractivity contribution in [3.05, 3.63) is 12.2 Å². The van der Waals surface area contributed by atoms with Crippen LogP contribution in [-0.4, -0.2) is 47.4 Å². The quantitative estimate of drug-likeness (QED) is 0.0329. The van der Waals surface area contributed by atoms with E-state index >= 15 is 0 Å². The molecule has 2 unspecified atom stereocenters. The highest BCUT2D eigenvalue weighted by molar-refractivity contribution is 5.76. The molecule has 0 fully saturated rings. The van der Waals surface area contributed by atoms with Gasteiger partial charge in [-0.15, -0.1) is 0 Å². The maximum Gasteiger partial charge on any atom is 0.305 e. The van der Waals surface area contributed by atoms with Crippen molar-refractivity contribution in [2.24, 2.45) is 0 Å². The topological polar surface area (TPSA) is 95.9 Å². The van der Waals surface area contributed by atoms with Crippen molar-refractivity contribution in [3.63, 3.8) is 0 Å². The van der Waals surface area contributed by atoms with Crippen LogP contribution in [0.5, 0.6) is 0 Å². The summed E-state index contributed by atoms with van der Waals surface area (Å²) in [7, 11) is 0. The van der Waals surface area contributed by atoms with E-state index < -0.39 is 12.1 Å².